The molecule has 3 aromatic rings. The molecular formula is C29H33NO3S. The Morgan fingerprint density at radius 3 is 2.50 bits per heavy atom. The highest BCUT2D eigenvalue weighted by atomic mass is 32.2. The van der Waals surface area contributed by atoms with Gasteiger partial charge in [0.15, 0.2) is 0 Å². The van der Waals surface area contributed by atoms with Crippen molar-refractivity contribution in [2.45, 2.75) is 63.8 Å². The molecule has 0 aromatic heterocycles. The molecule has 4 nitrogen and oxygen atoms in total. The van der Waals surface area contributed by atoms with Crippen LogP contribution in [0.25, 0.3) is 17.2 Å². The number of phenolic OH excluding ortho intramolecular Hbond substituents is 1. The topological polar surface area (TPSA) is 57.6 Å². The zero-order chi connectivity index (χ0) is 24.3. The lowest BCUT2D eigenvalue weighted by Gasteiger charge is -2.39. The van der Waals surface area contributed by atoms with E-state index in [4.69, 9.17) is 0 Å². The maximum atomic E-state index is 14.0. The van der Waals surface area contributed by atoms with E-state index in [0.717, 1.165) is 28.7 Å². The fourth-order valence-electron chi connectivity index (χ4n) is 4.71. The second-order valence-electron chi connectivity index (χ2n) is 8.94. The third-order valence-corrected chi connectivity index (χ3v) is 8.37. The molecule has 34 heavy (non-hydrogen) atoms. The average Bonchev–Trinajstić information content (AvgIpc) is 2.84. The fraction of sp³-hybridized carbons (Fsp3) is 0.310. The first-order valence-electron chi connectivity index (χ1n) is 12.1. The Morgan fingerprint density at radius 1 is 0.971 bits per heavy atom. The van der Waals surface area contributed by atoms with Crippen LogP contribution in [0.3, 0.4) is 0 Å². The lowest BCUT2D eigenvalue weighted by molar-refractivity contribution is 0.470. The SMILES string of the molecule is CCCCCC=Cc1ccc2c(c1)-c1ccccc1C(CC)N2S(=O)(=O)c1ccc(O)c(C)c1. The van der Waals surface area contributed by atoms with E-state index in [1.165, 1.54) is 31.4 Å². The second kappa shape index (κ2) is 10.1. The van der Waals surface area contributed by atoms with Gasteiger partial charge in [-0.3, -0.25) is 4.31 Å². The number of nitrogens with zero attached hydrogens (tertiary/aromatic N) is 1. The minimum Gasteiger partial charge on any atom is -0.508 e. The maximum Gasteiger partial charge on any atom is 0.264 e. The summed E-state index contributed by atoms with van der Waals surface area (Å²) < 4.78 is 29.5. The van der Waals surface area contributed by atoms with Gasteiger partial charge >= 0.3 is 0 Å². The quantitative estimate of drug-likeness (QED) is 0.341. The molecule has 1 atom stereocenters. The summed E-state index contributed by atoms with van der Waals surface area (Å²) >= 11 is 0. The van der Waals surface area contributed by atoms with Gasteiger partial charge in [-0.15, -0.1) is 0 Å². The van der Waals surface area contributed by atoms with Gasteiger partial charge in [0.1, 0.15) is 5.75 Å². The molecule has 0 radical (unpaired) electrons. The highest BCUT2D eigenvalue weighted by molar-refractivity contribution is 7.92. The summed E-state index contributed by atoms with van der Waals surface area (Å²) in [5.74, 6) is 0.0887. The normalized spacial score (nSPS) is 15.4. The Bertz CT molecular complexity index is 1310. The van der Waals surface area contributed by atoms with Gasteiger partial charge in [-0.1, -0.05) is 69.2 Å². The molecule has 0 spiro atoms. The number of fused-ring (bicyclic) bond motifs is 3. The zero-order valence-electron chi connectivity index (χ0n) is 20.2. The first kappa shape index (κ1) is 24.1. The standard InChI is InChI=1S/C29H33NO3S/c1-4-6-7-8-9-12-22-15-17-28-26(20-22)24-13-10-11-14-25(24)27(5-2)30(28)34(32,33)23-16-18-29(31)21(3)19-23/h9-20,27,31H,4-8H2,1-3H3. The van der Waals surface area contributed by atoms with Crippen molar-refractivity contribution < 1.29 is 13.5 Å². The third-order valence-electron chi connectivity index (χ3n) is 6.55. The zero-order valence-corrected chi connectivity index (χ0v) is 21.0. The van der Waals surface area contributed by atoms with Crippen LogP contribution in [0.2, 0.25) is 0 Å². The molecule has 4 rings (SSSR count). The molecule has 178 valence electrons. The molecule has 5 heteroatoms. The summed E-state index contributed by atoms with van der Waals surface area (Å²) in [6.07, 6.45) is 9.63. The van der Waals surface area contributed by atoms with E-state index in [2.05, 4.69) is 31.2 Å². The molecule has 1 aliphatic rings. The van der Waals surface area contributed by atoms with E-state index in [9.17, 15) is 13.5 Å². The summed E-state index contributed by atoms with van der Waals surface area (Å²) in [6, 6.07) is 18.3. The lowest BCUT2D eigenvalue weighted by atomic mass is 9.88. The molecule has 1 N–H and O–H groups in total. The Kier molecular flexibility index (Phi) is 7.13. The van der Waals surface area contributed by atoms with Crippen LogP contribution in [0, 0.1) is 6.92 Å². The number of allylic oxidation sites excluding steroid dienone is 1. The van der Waals surface area contributed by atoms with E-state index in [0.29, 0.717) is 17.7 Å². The van der Waals surface area contributed by atoms with E-state index >= 15 is 0 Å². The Hall–Kier alpha value is -3.05. The van der Waals surface area contributed by atoms with Crippen molar-refractivity contribution in [2.75, 3.05) is 4.31 Å². The van der Waals surface area contributed by atoms with Crippen LogP contribution in [0.4, 0.5) is 5.69 Å². The van der Waals surface area contributed by atoms with Crippen LogP contribution in [0.15, 0.2) is 71.6 Å². The molecule has 0 fully saturated rings. The molecule has 1 heterocycles. The van der Waals surface area contributed by atoms with Crippen molar-refractivity contribution in [1.29, 1.82) is 0 Å². The molecule has 1 unspecified atom stereocenters. The summed E-state index contributed by atoms with van der Waals surface area (Å²) in [7, 11) is -3.85. The molecule has 0 saturated heterocycles. The average molecular weight is 476 g/mol. The number of rotatable bonds is 8. The number of hydrogen-bond acceptors (Lipinski definition) is 3. The number of aryl methyl sites for hydroxylation is 1. The summed E-state index contributed by atoms with van der Waals surface area (Å²) in [4.78, 5) is 0.187. The van der Waals surface area contributed by atoms with E-state index < -0.39 is 10.0 Å². The van der Waals surface area contributed by atoms with Crippen LogP contribution in [0.1, 0.15) is 68.7 Å². The van der Waals surface area contributed by atoms with Crippen LogP contribution < -0.4 is 4.31 Å². The van der Waals surface area contributed by atoms with Crippen molar-refractivity contribution in [3.63, 3.8) is 0 Å². The van der Waals surface area contributed by atoms with Gasteiger partial charge in [-0.25, -0.2) is 8.42 Å². The van der Waals surface area contributed by atoms with Crippen molar-refractivity contribution >= 4 is 21.8 Å². The highest BCUT2D eigenvalue weighted by Gasteiger charge is 2.38. The van der Waals surface area contributed by atoms with Gasteiger partial charge in [-0.05, 0) is 78.8 Å². The monoisotopic (exact) mass is 475 g/mol. The predicted molar refractivity (Wildman–Crippen MR) is 141 cm³/mol. The van der Waals surface area contributed by atoms with Crippen molar-refractivity contribution in [2.24, 2.45) is 0 Å². The van der Waals surface area contributed by atoms with Crippen LogP contribution in [-0.2, 0) is 10.0 Å². The van der Waals surface area contributed by atoms with E-state index in [1.54, 1.807) is 17.3 Å². The van der Waals surface area contributed by atoms with Crippen LogP contribution in [0.5, 0.6) is 5.75 Å². The van der Waals surface area contributed by atoms with E-state index in [-0.39, 0.29) is 16.7 Å². The van der Waals surface area contributed by atoms with Crippen molar-refractivity contribution in [3.05, 3.63) is 83.4 Å². The fourth-order valence-corrected chi connectivity index (χ4v) is 6.52. The molecule has 0 aliphatic carbocycles. The van der Waals surface area contributed by atoms with Gasteiger partial charge < -0.3 is 5.11 Å². The van der Waals surface area contributed by atoms with Crippen LogP contribution in [-0.4, -0.2) is 13.5 Å². The number of anilines is 1. The van der Waals surface area contributed by atoms with Gasteiger partial charge in [0.05, 0.1) is 16.6 Å². The number of benzene rings is 3. The number of sulfonamides is 1. The minimum absolute atomic E-state index is 0.0887. The van der Waals surface area contributed by atoms with E-state index in [1.807, 2.05) is 37.3 Å². The third kappa shape index (κ3) is 4.49. The molecule has 3 aromatic carbocycles. The van der Waals surface area contributed by atoms with Crippen molar-refractivity contribution in [3.8, 4) is 16.9 Å². The first-order chi connectivity index (χ1) is 16.4. The van der Waals surface area contributed by atoms with Crippen molar-refractivity contribution in [1.82, 2.24) is 0 Å². The minimum atomic E-state index is -3.85. The van der Waals surface area contributed by atoms with Gasteiger partial charge in [0.2, 0.25) is 0 Å². The predicted octanol–water partition coefficient (Wildman–Crippen LogP) is 7.62. The number of aromatic hydroxyl groups is 1. The van der Waals surface area contributed by atoms with Gasteiger partial charge in [0, 0.05) is 5.56 Å². The maximum absolute atomic E-state index is 14.0. The van der Waals surface area contributed by atoms with Gasteiger partial charge in [-0.2, -0.15) is 0 Å². The molecular weight excluding hydrogens is 442 g/mol. The van der Waals surface area contributed by atoms with Crippen LogP contribution >= 0.6 is 0 Å². The molecule has 0 saturated carbocycles. The summed E-state index contributed by atoms with van der Waals surface area (Å²) in [5.41, 5.74) is 5.32. The number of unbranched alkanes of at least 4 members (excludes halogenated alkanes) is 3. The second-order valence-corrected chi connectivity index (χ2v) is 10.8. The summed E-state index contributed by atoms with van der Waals surface area (Å²) in [6.45, 7) is 5.93. The van der Waals surface area contributed by atoms with Gasteiger partial charge in [0.25, 0.3) is 10.0 Å². The smallest absolute Gasteiger partial charge is 0.264 e. The summed E-state index contributed by atoms with van der Waals surface area (Å²) in [5, 5.41) is 9.94. The lowest BCUT2D eigenvalue weighted by Crippen LogP contribution is -2.37. The molecule has 1 aliphatic heterocycles. The Morgan fingerprint density at radius 2 is 1.76 bits per heavy atom. The Balaban J connectivity index is 1.83. The molecule has 0 bridgehead atoms. The first-order valence-corrected chi connectivity index (χ1v) is 13.6. The molecule has 0 amide bonds. The number of phenols is 1. The Labute approximate surface area is 203 Å². The largest absolute Gasteiger partial charge is 0.508 e. The number of hydrogen-bond donors (Lipinski definition) is 1. The highest BCUT2D eigenvalue weighted by Crippen LogP contribution is 2.48.